The molecule has 0 atom stereocenters. The summed E-state index contributed by atoms with van der Waals surface area (Å²) in [5, 5.41) is 13.0. The molecule has 0 unspecified atom stereocenters. The van der Waals surface area contributed by atoms with Crippen LogP contribution in [-0.4, -0.2) is 34.8 Å². The second kappa shape index (κ2) is 6.98. The van der Waals surface area contributed by atoms with E-state index in [0.717, 1.165) is 34.3 Å². The van der Waals surface area contributed by atoms with E-state index in [0.29, 0.717) is 12.3 Å². The summed E-state index contributed by atoms with van der Waals surface area (Å²) in [5.74, 6) is 2.44. The van der Waals surface area contributed by atoms with Crippen LogP contribution in [0.15, 0.2) is 41.8 Å². The fourth-order valence-electron chi connectivity index (χ4n) is 2.23. The van der Waals surface area contributed by atoms with E-state index in [1.807, 2.05) is 46.7 Å². The summed E-state index contributed by atoms with van der Waals surface area (Å²) in [6.07, 6.45) is 0.448. The fraction of sp³-hybridized carbons (Fsp3) is 0.250. The van der Waals surface area contributed by atoms with Gasteiger partial charge in [0.2, 0.25) is 5.91 Å². The van der Waals surface area contributed by atoms with E-state index in [1.54, 1.807) is 11.8 Å². The van der Waals surface area contributed by atoms with Crippen molar-refractivity contribution < 1.29 is 4.79 Å². The smallest absolute Gasteiger partial charge is 0.227 e. The molecule has 1 fully saturated rings. The van der Waals surface area contributed by atoms with Crippen molar-refractivity contribution in [3.05, 3.63) is 52.2 Å². The van der Waals surface area contributed by atoms with Crippen LogP contribution in [0.5, 0.6) is 0 Å². The maximum absolute atomic E-state index is 12.1. The first-order valence-electron chi connectivity index (χ1n) is 7.06. The summed E-state index contributed by atoms with van der Waals surface area (Å²) in [5.41, 5.74) is 1.88. The minimum Gasteiger partial charge on any atom is -0.340 e. The van der Waals surface area contributed by atoms with E-state index in [9.17, 15) is 4.79 Å². The zero-order chi connectivity index (χ0) is 15.4. The van der Waals surface area contributed by atoms with Gasteiger partial charge >= 0.3 is 0 Å². The molecule has 0 spiro atoms. The van der Waals surface area contributed by atoms with Gasteiger partial charge in [0.25, 0.3) is 0 Å². The molecule has 2 heterocycles. The van der Waals surface area contributed by atoms with Gasteiger partial charge in [-0.15, -0.1) is 23.1 Å². The number of nitrogens with zero attached hydrogens (tertiary/aromatic N) is 1. The van der Waals surface area contributed by atoms with Crippen molar-refractivity contribution in [1.29, 1.82) is 5.41 Å². The normalized spacial score (nSPS) is 14.1. The molecule has 1 aromatic carbocycles. The SMILES string of the molecule is N=C(Nc1ccc(CC(=O)N2CCSC2)cc1)c1cccs1. The number of anilines is 1. The molecule has 1 aliphatic heterocycles. The van der Waals surface area contributed by atoms with E-state index in [1.165, 1.54) is 11.3 Å². The van der Waals surface area contributed by atoms with E-state index in [4.69, 9.17) is 5.41 Å². The Morgan fingerprint density at radius 3 is 2.73 bits per heavy atom. The summed E-state index contributed by atoms with van der Waals surface area (Å²) in [7, 11) is 0. The van der Waals surface area contributed by atoms with Gasteiger partial charge in [0.05, 0.1) is 17.2 Å². The highest BCUT2D eigenvalue weighted by Gasteiger charge is 2.18. The Hall–Kier alpha value is -1.79. The van der Waals surface area contributed by atoms with Crippen LogP contribution < -0.4 is 5.32 Å². The topological polar surface area (TPSA) is 56.2 Å². The van der Waals surface area contributed by atoms with Crippen LogP contribution in [0.1, 0.15) is 10.4 Å². The fourth-order valence-corrected chi connectivity index (χ4v) is 3.83. The number of benzene rings is 1. The second-order valence-electron chi connectivity index (χ2n) is 5.05. The predicted octanol–water partition coefficient (Wildman–Crippen LogP) is 3.26. The molecule has 22 heavy (non-hydrogen) atoms. The number of amides is 1. The summed E-state index contributed by atoms with van der Waals surface area (Å²) in [4.78, 5) is 14.9. The van der Waals surface area contributed by atoms with Crippen LogP contribution in [0.2, 0.25) is 0 Å². The first-order chi connectivity index (χ1) is 10.7. The minimum atomic E-state index is 0.192. The Morgan fingerprint density at radius 1 is 1.27 bits per heavy atom. The Balaban J connectivity index is 1.58. The first-order valence-corrected chi connectivity index (χ1v) is 9.10. The van der Waals surface area contributed by atoms with E-state index < -0.39 is 0 Å². The predicted molar refractivity (Wildman–Crippen MR) is 94.0 cm³/mol. The van der Waals surface area contributed by atoms with Crippen LogP contribution in [0.25, 0.3) is 0 Å². The highest BCUT2D eigenvalue weighted by Crippen LogP contribution is 2.17. The highest BCUT2D eigenvalue weighted by molar-refractivity contribution is 7.99. The van der Waals surface area contributed by atoms with Crippen molar-refractivity contribution in [3.8, 4) is 0 Å². The van der Waals surface area contributed by atoms with Gasteiger partial charge in [0.1, 0.15) is 5.84 Å². The summed E-state index contributed by atoms with van der Waals surface area (Å²) in [6.45, 7) is 0.862. The van der Waals surface area contributed by atoms with Crippen molar-refractivity contribution in [2.45, 2.75) is 6.42 Å². The number of rotatable bonds is 4. The van der Waals surface area contributed by atoms with Crippen LogP contribution in [-0.2, 0) is 11.2 Å². The Kier molecular flexibility index (Phi) is 4.80. The number of hydrogen-bond donors (Lipinski definition) is 2. The summed E-state index contributed by atoms with van der Waals surface area (Å²) in [6, 6.07) is 11.6. The third kappa shape index (κ3) is 3.69. The molecule has 2 aromatic rings. The number of thioether (sulfide) groups is 1. The van der Waals surface area contributed by atoms with Gasteiger partial charge in [0, 0.05) is 18.0 Å². The molecular formula is C16H17N3OS2. The van der Waals surface area contributed by atoms with Crippen molar-refractivity contribution in [3.63, 3.8) is 0 Å². The number of thiophene rings is 1. The number of amidine groups is 1. The average Bonchev–Trinajstić information content (AvgIpc) is 3.23. The molecule has 4 nitrogen and oxygen atoms in total. The zero-order valence-electron chi connectivity index (χ0n) is 12.0. The quantitative estimate of drug-likeness (QED) is 0.668. The number of nitrogens with one attached hydrogen (secondary N) is 2. The zero-order valence-corrected chi connectivity index (χ0v) is 13.7. The lowest BCUT2D eigenvalue weighted by Gasteiger charge is -2.14. The standard InChI is InChI=1S/C16H17N3OS2/c17-16(14-2-1-8-22-14)18-13-5-3-12(4-6-13)10-15(20)19-7-9-21-11-19/h1-6,8H,7,9-11H2,(H2,17,18). The average molecular weight is 331 g/mol. The highest BCUT2D eigenvalue weighted by atomic mass is 32.2. The molecule has 6 heteroatoms. The molecule has 1 saturated heterocycles. The lowest BCUT2D eigenvalue weighted by molar-refractivity contribution is -0.128. The first kappa shape index (κ1) is 15.1. The maximum atomic E-state index is 12.1. The van der Waals surface area contributed by atoms with E-state index in [-0.39, 0.29) is 5.91 Å². The minimum absolute atomic E-state index is 0.192. The molecule has 0 aliphatic carbocycles. The monoisotopic (exact) mass is 331 g/mol. The Morgan fingerprint density at radius 2 is 2.09 bits per heavy atom. The summed E-state index contributed by atoms with van der Waals surface area (Å²) < 4.78 is 0. The number of carbonyl (C=O) groups excluding carboxylic acids is 1. The van der Waals surface area contributed by atoms with Gasteiger partial charge in [-0.05, 0) is 29.1 Å². The molecule has 1 aromatic heterocycles. The third-order valence-electron chi connectivity index (χ3n) is 3.45. The third-order valence-corrected chi connectivity index (χ3v) is 5.30. The lowest BCUT2D eigenvalue weighted by atomic mass is 10.1. The van der Waals surface area contributed by atoms with Crippen LogP contribution in [0.3, 0.4) is 0 Å². The van der Waals surface area contributed by atoms with Crippen LogP contribution in [0.4, 0.5) is 5.69 Å². The molecule has 0 saturated carbocycles. The van der Waals surface area contributed by atoms with Gasteiger partial charge in [-0.3, -0.25) is 10.2 Å². The van der Waals surface area contributed by atoms with Crippen LogP contribution >= 0.6 is 23.1 Å². The molecule has 1 aliphatic rings. The number of carbonyl (C=O) groups is 1. The maximum Gasteiger partial charge on any atom is 0.227 e. The number of hydrogen-bond acceptors (Lipinski definition) is 4. The van der Waals surface area contributed by atoms with Gasteiger partial charge < -0.3 is 10.2 Å². The summed E-state index contributed by atoms with van der Waals surface area (Å²) >= 11 is 3.34. The van der Waals surface area contributed by atoms with Gasteiger partial charge in [-0.2, -0.15) is 0 Å². The van der Waals surface area contributed by atoms with Crippen LogP contribution in [0, 0.1) is 5.41 Å². The molecular weight excluding hydrogens is 314 g/mol. The van der Waals surface area contributed by atoms with Crippen molar-refractivity contribution in [2.24, 2.45) is 0 Å². The Labute approximate surface area is 138 Å². The Bertz CT molecular complexity index is 647. The molecule has 3 rings (SSSR count). The molecule has 1 amide bonds. The molecule has 0 radical (unpaired) electrons. The van der Waals surface area contributed by atoms with E-state index >= 15 is 0 Å². The largest absolute Gasteiger partial charge is 0.340 e. The second-order valence-corrected chi connectivity index (χ2v) is 7.07. The van der Waals surface area contributed by atoms with E-state index in [2.05, 4.69) is 5.32 Å². The van der Waals surface area contributed by atoms with Crippen molar-refractivity contribution in [1.82, 2.24) is 4.90 Å². The van der Waals surface area contributed by atoms with Crippen molar-refractivity contribution >= 4 is 40.5 Å². The van der Waals surface area contributed by atoms with Gasteiger partial charge in [0.15, 0.2) is 0 Å². The lowest BCUT2D eigenvalue weighted by Crippen LogP contribution is -2.29. The molecule has 114 valence electrons. The molecule has 0 bridgehead atoms. The molecule has 2 N–H and O–H groups in total. The van der Waals surface area contributed by atoms with Gasteiger partial charge in [-0.25, -0.2) is 0 Å². The van der Waals surface area contributed by atoms with Gasteiger partial charge in [-0.1, -0.05) is 18.2 Å². The van der Waals surface area contributed by atoms with Crippen molar-refractivity contribution in [2.75, 3.05) is 23.5 Å².